The van der Waals surface area contributed by atoms with Crippen molar-refractivity contribution in [2.24, 2.45) is 0 Å². The van der Waals surface area contributed by atoms with Gasteiger partial charge in [-0.1, -0.05) is 18.2 Å². The van der Waals surface area contributed by atoms with E-state index in [1.807, 2.05) is 35.7 Å². The number of carbonyl (C=O) groups excluding carboxylic acids is 1. The lowest BCUT2D eigenvalue weighted by atomic mass is 10.2. The van der Waals surface area contributed by atoms with E-state index in [-0.39, 0.29) is 17.2 Å². The predicted molar refractivity (Wildman–Crippen MR) is 130 cm³/mol. The van der Waals surface area contributed by atoms with Gasteiger partial charge in [0.05, 0.1) is 17.0 Å². The van der Waals surface area contributed by atoms with Gasteiger partial charge in [-0.15, -0.1) is 11.3 Å². The van der Waals surface area contributed by atoms with Gasteiger partial charge >= 0.3 is 0 Å². The highest BCUT2D eigenvalue weighted by Gasteiger charge is 2.10. The van der Waals surface area contributed by atoms with Crippen molar-refractivity contribution in [1.82, 2.24) is 4.98 Å². The van der Waals surface area contributed by atoms with Crippen LogP contribution in [0.15, 0.2) is 89.1 Å². The number of ether oxygens (including phenoxy) is 1. The topological polar surface area (TPSA) is 97.4 Å². The number of rotatable bonds is 8. The summed E-state index contributed by atoms with van der Waals surface area (Å²) in [5, 5.41) is 8.40. The molecule has 0 unspecified atom stereocenters. The molecule has 0 atom stereocenters. The van der Waals surface area contributed by atoms with Gasteiger partial charge in [0.1, 0.15) is 11.5 Å². The maximum atomic E-state index is 12.4. The Hall–Kier alpha value is -3.69. The fourth-order valence-corrected chi connectivity index (χ4v) is 4.32. The molecule has 0 bridgehead atoms. The van der Waals surface area contributed by atoms with Crippen molar-refractivity contribution in [2.45, 2.75) is 11.3 Å². The molecule has 1 amide bonds. The number of aromatic nitrogens is 1. The minimum absolute atomic E-state index is 0.132. The third kappa shape index (κ3) is 6.41. The van der Waals surface area contributed by atoms with Gasteiger partial charge in [-0.2, -0.15) is 0 Å². The van der Waals surface area contributed by atoms with Crippen molar-refractivity contribution in [2.75, 3.05) is 16.9 Å². The summed E-state index contributed by atoms with van der Waals surface area (Å²) in [6.07, 6.45) is 1.30. The smallest absolute Gasteiger partial charge is 0.230 e. The number of thiazole rings is 1. The molecular formula is C24H21N3O4S2. The highest BCUT2D eigenvalue weighted by atomic mass is 32.2. The average molecular weight is 480 g/mol. The maximum Gasteiger partial charge on any atom is 0.230 e. The second kappa shape index (κ2) is 9.85. The van der Waals surface area contributed by atoms with E-state index in [0.29, 0.717) is 27.9 Å². The Labute approximate surface area is 196 Å². The first-order valence-electron chi connectivity index (χ1n) is 9.99. The number of benzene rings is 3. The van der Waals surface area contributed by atoms with Crippen LogP contribution < -0.4 is 15.4 Å². The fraction of sp³-hybridized carbons (Fsp3) is 0.0833. The van der Waals surface area contributed by atoms with E-state index in [0.717, 1.165) is 5.75 Å². The molecule has 168 valence electrons. The van der Waals surface area contributed by atoms with Crippen LogP contribution in [0.5, 0.6) is 11.5 Å². The van der Waals surface area contributed by atoms with Gasteiger partial charge in [-0.05, 0) is 60.7 Å². The minimum atomic E-state index is -3.24. The molecule has 33 heavy (non-hydrogen) atoms. The quantitative estimate of drug-likeness (QED) is 0.358. The van der Waals surface area contributed by atoms with E-state index in [4.69, 9.17) is 4.74 Å². The molecule has 0 fully saturated rings. The lowest BCUT2D eigenvalue weighted by molar-refractivity contribution is -0.115. The van der Waals surface area contributed by atoms with Crippen LogP contribution in [-0.2, 0) is 21.1 Å². The van der Waals surface area contributed by atoms with E-state index in [2.05, 4.69) is 15.6 Å². The lowest BCUT2D eigenvalue weighted by Gasteiger charge is -2.07. The maximum absolute atomic E-state index is 12.4. The van der Waals surface area contributed by atoms with Gasteiger partial charge in [0, 0.05) is 23.0 Å². The number of hydrogen-bond acceptors (Lipinski definition) is 7. The van der Waals surface area contributed by atoms with Crippen LogP contribution >= 0.6 is 11.3 Å². The van der Waals surface area contributed by atoms with Crippen molar-refractivity contribution in [3.05, 3.63) is 89.9 Å². The molecule has 3 aromatic carbocycles. The SMILES string of the molecule is CS(=O)(=O)c1ccc(Nc2nc(CC(=O)Nc3ccc(Oc4ccccc4)cc3)cs2)cc1. The summed E-state index contributed by atoms with van der Waals surface area (Å²) in [6, 6.07) is 23.0. The number of anilines is 3. The average Bonchev–Trinajstić information content (AvgIpc) is 3.22. The van der Waals surface area contributed by atoms with E-state index in [1.54, 1.807) is 36.4 Å². The van der Waals surface area contributed by atoms with Crippen LogP contribution in [0.2, 0.25) is 0 Å². The van der Waals surface area contributed by atoms with E-state index < -0.39 is 9.84 Å². The number of carbonyl (C=O) groups is 1. The molecule has 2 N–H and O–H groups in total. The third-order valence-electron chi connectivity index (χ3n) is 4.54. The Morgan fingerprint density at radius 2 is 1.55 bits per heavy atom. The van der Waals surface area contributed by atoms with Crippen LogP contribution in [0.3, 0.4) is 0 Å². The monoisotopic (exact) mass is 479 g/mol. The Morgan fingerprint density at radius 3 is 2.21 bits per heavy atom. The second-order valence-electron chi connectivity index (χ2n) is 7.23. The molecule has 7 nitrogen and oxygen atoms in total. The first-order chi connectivity index (χ1) is 15.8. The van der Waals surface area contributed by atoms with Gasteiger partial charge in [0.25, 0.3) is 0 Å². The number of hydrogen-bond donors (Lipinski definition) is 2. The van der Waals surface area contributed by atoms with Crippen molar-refractivity contribution < 1.29 is 17.9 Å². The summed E-state index contributed by atoms with van der Waals surface area (Å²) < 4.78 is 28.9. The van der Waals surface area contributed by atoms with E-state index in [9.17, 15) is 13.2 Å². The number of nitrogens with zero attached hydrogens (tertiary/aromatic N) is 1. The van der Waals surface area contributed by atoms with Crippen LogP contribution in [0.4, 0.5) is 16.5 Å². The second-order valence-corrected chi connectivity index (χ2v) is 10.1. The molecule has 0 saturated carbocycles. The normalized spacial score (nSPS) is 11.1. The van der Waals surface area contributed by atoms with Crippen LogP contribution in [0.25, 0.3) is 0 Å². The molecule has 1 heterocycles. The van der Waals surface area contributed by atoms with Crippen LogP contribution in [0.1, 0.15) is 5.69 Å². The summed E-state index contributed by atoms with van der Waals surface area (Å²) in [7, 11) is -3.24. The Balaban J connectivity index is 1.30. The highest BCUT2D eigenvalue weighted by Crippen LogP contribution is 2.24. The highest BCUT2D eigenvalue weighted by molar-refractivity contribution is 7.90. The van der Waals surface area contributed by atoms with Gasteiger partial charge < -0.3 is 15.4 Å². The summed E-state index contributed by atoms with van der Waals surface area (Å²) in [5.74, 6) is 1.24. The molecular weight excluding hydrogens is 458 g/mol. The van der Waals surface area contributed by atoms with Crippen molar-refractivity contribution in [3.8, 4) is 11.5 Å². The van der Waals surface area contributed by atoms with Gasteiger partial charge in [0.2, 0.25) is 5.91 Å². The molecule has 1 aromatic heterocycles. The molecule has 0 aliphatic rings. The third-order valence-corrected chi connectivity index (χ3v) is 6.48. The number of para-hydroxylation sites is 1. The molecule has 0 saturated heterocycles. The van der Waals surface area contributed by atoms with Gasteiger partial charge in [-0.3, -0.25) is 4.79 Å². The summed E-state index contributed by atoms with van der Waals surface area (Å²) in [5.41, 5.74) is 2.02. The molecule has 9 heteroatoms. The predicted octanol–water partition coefficient (Wildman–Crippen LogP) is 5.26. The summed E-state index contributed by atoms with van der Waals surface area (Å²) in [6.45, 7) is 0. The zero-order valence-corrected chi connectivity index (χ0v) is 19.3. The lowest BCUT2D eigenvalue weighted by Crippen LogP contribution is -2.14. The zero-order valence-electron chi connectivity index (χ0n) is 17.7. The first kappa shape index (κ1) is 22.5. The van der Waals surface area contributed by atoms with E-state index in [1.165, 1.54) is 29.7 Å². The first-order valence-corrected chi connectivity index (χ1v) is 12.8. The zero-order chi connectivity index (χ0) is 23.3. The van der Waals surface area contributed by atoms with Crippen LogP contribution in [0, 0.1) is 0 Å². The molecule has 0 aliphatic carbocycles. The summed E-state index contributed by atoms with van der Waals surface area (Å²) in [4.78, 5) is 17.1. The van der Waals surface area contributed by atoms with Crippen molar-refractivity contribution in [1.29, 1.82) is 0 Å². The Bertz CT molecular complexity index is 1330. The Kier molecular flexibility index (Phi) is 6.71. The molecule has 0 spiro atoms. The Morgan fingerprint density at radius 1 is 0.909 bits per heavy atom. The molecule has 4 rings (SSSR count). The van der Waals surface area contributed by atoms with Crippen molar-refractivity contribution >= 4 is 43.6 Å². The minimum Gasteiger partial charge on any atom is -0.457 e. The summed E-state index contributed by atoms with van der Waals surface area (Å²) >= 11 is 1.37. The van der Waals surface area contributed by atoms with Gasteiger partial charge in [-0.25, -0.2) is 13.4 Å². The standard InChI is InChI=1S/C24H21N3O4S2/c1-33(29,30)22-13-9-18(10-14-22)26-24-27-19(16-32-24)15-23(28)25-17-7-11-21(12-8-17)31-20-5-3-2-4-6-20/h2-14,16H,15H2,1H3,(H,25,28)(H,26,27). The number of sulfone groups is 1. The fourth-order valence-electron chi connectivity index (χ4n) is 2.96. The van der Waals surface area contributed by atoms with Crippen LogP contribution in [-0.4, -0.2) is 25.6 Å². The molecule has 0 radical (unpaired) electrons. The largest absolute Gasteiger partial charge is 0.457 e. The van der Waals surface area contributed by atoms with E-state index >= 15 is 0 Å². The van der Waals surface area contributed by atoms with Crippen molar-refractivity contribution in [3.63, 3.8) is 0 Å². The van der Waals surface area contributed by atoms with Gasteiger partial charge in [0.15, 0.2) is 15.0 Å². The number of nitrogens with one attached hydrogen (secondary N) is 2. The number of amides is 1. The molecule has 4 aromatic rings. The molecule has 0 aliphatic heterocycles.